The number of hydrogen-bond donors (Lipinski definition) is 3. The van der Waals surface area contributed by atoms with E-state index in [2.05, 4.69) is 34.2 Å². The number of hydrogen-bond acceptors (Lipinski definition) is 4. The van der Waals surface area contributed by atoms with Crippen molar-refractivity contribution in [3.05, 3.63) is 65.7 Å². The second-order valence-corrected chi connectivity index (χ2v) is 8.60. The summed E-state index contributed by atoms with van der Waals surface area (Å²) < 4.78 is 0. The molecule has 2 aromatic rings. The van der Waals surface area contributed by atoms with Crippen molar-refractivity contribution in [3.63, 3.8) is 0 Å². The predicted molar refractivity (Wildman–Crippen MR) is 125 cm³/mol. The van der Waals surface area contributed by atoms with Crippen LogP contribution in [-0.4, -0.2) is 70.5 Å². The summed E-state index contributed by atoms with van der Waals surface area (Å²) in [6.07, 6.45) is 1.30. The zero-order valence-corrected chi connectivity index (χ0v) is 18.4. The van der Waals surface area contributed by atoms with Crippen molar-refractivity contribution in [2.75, 3.05) is 31.6 Å². The molecule has 2 heterocycles. The van der Waals surface area contributed by atoms with Crippen molar-refractivity contribution in [3.8, 4) is 11.8 Å². The van der Waals surface area contributed by atoms with Crippen molar-refractivity contribution >= 4 is 11.7 Å². The Labute approximate surface area is 189 Å². The molecule has 2 aliphatic heterocycles. The van der Waals surface area contributed by atoms with Gasteiger partial charge in [-0.25, -0.2) is 4.79 Å². The van der Waals surface area contributed by atoms with Crippen LogP contribution in [0.3, 0.4) is 0 Å². The van der Waals surface area contributed by atoms with Crippen LogP contribution in [-0.2, 0) is 0 Å². The van der Waals surface area contributed by atoms with Gasteiger partial charge < -0.3 is 20.4 Å². The molecule has 0 radical (unpaired) electrons. The van der Waals surface area contributed by atoms with Gasteiger partial charge in [0.15, 0.2) is 0 Å². The molecule has 0 saturated carbocycles. The van der Waals surface area contributed by atoms with Crippen LogP contribution in [0.5, 0.6) is 0 Å². The highest BCUT2D eigenvalue weighted by Crippen LogP contribution is 2.42. The van der Waals surface area contributed by atoms with Crippen LogP contribution < -0.4 is 5.32 Å². The van der Waals surface area contributed by atoms with Gasteiger partial charge in [-0.2, -0.15) is 0 Å². The fourth-order valence-corrected chi connectivity index (χ4v) is 4.83. The average molecular weight is 434 g/mol. The van der Waals surface area contributed by atoms with Gasteiger partial charge in [0.1, 0.15) is 6.10 Å². The fourth-order valence-electron chi connectivity index (χ4n) is 4.83. The third-order valence-corrected chi connectivity index (χ3v) is 6.40. The lowest BCUT2D eigenvalue weighted by Gasteiger charge is -2.57. The first-order chi connectivity index (χ1) is 15.6. The Hall–Kier alpha value is -2.85. The Bertz CT molecular complexity index is 965. The van der Waals surface area contributed by atoms with Gasteiger partial charge >= 0.3 is 6.03 Å². The lowest BCUT2D eigenvalue weighted by molar-refractivity contribution is -0.0585. The fraction of sp³-hybridized carbons (Fsp3) is 0.423. The first-order valence-corrected chi connectivity index (χ1v) is 11.3. The monoisotopic (exact) mass is 433 g/mol. The lowest BCUT2D eigenvalue weighted by atomic mass is 9.74. The number of amides is 2. The highest BCUT2D eigenvalue weighted by molar-refractivity contribution is 5.89. The Morgan fingerprint density at radius 2 is 1.84 bits per heavy atom. The Morgan fingerprint density at radius 1 is 1.12 bits per heavy atom. The van der Waals surface area contributed by atoms with E-state index in [9.17, 15) is 15.0 Å². The van der Waals surface area contributed by atoms with Gasteiger partial charge in [0.2, 0.25) is 0 Å². The maximum atomic E-state index is 13.0. The molecule has 0 spiro atoms. The summed E-state index contributed by atoms with van der Waals surface area (Å²) in [5, 5.41) is 22.5. The molecule has 2 amide bonds. The van der Waals surface area contributed by atoms with Gasteiger partial charge in [-0.05, 0) is 56.1 Å². The van der Waals surface area contributed by atoms with Crippen LogP contribution in [0.1, 0.15) is 36.8 Å². The molecule has 6 nitrogen and oxygen atoms in total. The van der Waals surface area contributed by atoms with Crippen LogP contribution in [0.25, 0.3) is 0 Å². The van der Waals surface area contributed by atoms with Crippen molar-refractivity contribution in [1.29, 1.82) is 0 Å². The summed E-state index contributed by atoms with van der Waals surface area (Å²) in [5.41, 5.74) is 2.80. The molecule has 2 aliphatic rings. The van der Waals surface area contributed by atoms with E-state index in [-0.39, 0.29) is 30.6 Å². The minimum atomic E-state index is -0.656. The summed E-state index contributed by atoms with van der Waals surface area (Å²) in [5.74, 6) is 5.89. The van der Waals surface area contributed by atoms with Gasteiger partial charge in [0, 0.05) is 42.3 Å². The van der Waals surface area contributed by atoms with E-state index in [0.717, 1.165) is 42.7 Å². The smallest absolute Gasteiger partial charge is 0.321 e. The molecule has 0 bridgehead atoms. The maximum Gasteiger partial charge on any atom is 0.321 e. The number of fused-ring (bicyclic) bond motifs is 1. The second kappa shape index (κ2) is 10.2. The van der Waals surface area contributed by atoms with Gasteiger partial charge in [0.25, 0.3) is 0 Å². The van der Waals surface area contributed by atoms with E-state index in [1.54, 1.807) is 6.92 Å². The third kappa shape index (κ3) is 4.97. The molecule has 0 aliphatic carbocycles. The number of rotatable bonds is 3. The molecule has 2 aromatic carbocycles. The molecule has 2 fully saturated rings. The number of nitrogens with one attached hydrogen (secondary N) is 1. The molecule has 2 saturated heterocycles. The van der Waals surface area contributed by atoms with Crippen LogP contribution >= 0.6 is 0 Å². The van der Waals surface area contributed by atoms with Crippen LogP contribution in [0.2, 0.25) is 0 Å². The van der Waals surface area contributed by atoms with Gasteiger partial charge in [-0.15, -0.1) is 0 Å². The SMILES string of the molecule is C[C@H](O)C#Cc1ccc([C@@H]2[C@@H](CO)N3CCCCN(C(=O)Nc4ccccc4)C[C@@H]23)cc1. The Balaban J connectivity index is 1.51. The van der Waals surface area contributed by atoms with Crippen molar-refractivity contribution in [1.82, 2.24) is 9.80 Å². The van der Waals surface area contributed by atoms with E-state index in [4.69, 9.17) is 0 Å². The number of aliphatic hydroxyl groups excluding tert-OH is 2. The first-order valence-electron chi connectivity index (χ1n) is 11.3. The Morgan fingerprint density at radius 3 is 2.53 bits per heavy atom. The second-order valence-electron chi connectivity index (χ2n) is 8.60. The average Bonchev–Trinajstić information content (AvgIpc) is 2.78. The normalized spacial score (nSPS) is 24.1. The van der Waals surface area contributed by atoms with E-state index in [1.165, 1.54) is 0 Å². The standard InChI is InChI=1S/C26H31N3O3/c1-19(31)9-10-20-11-13-21(14-12-20)25-23-17-28(15-5-6-16-29(23)24(25)18-30)26(32)27-22-7-3-2-4-8-22/h2-4,7-8,11-14,19,23-25,30-31H,5-6,15-18H2,1H3,(H,27,32)/t19-,23-,24+,25-/m0/s1. The van der Waals surface area contributed by atoms with E-state index >= 15 is 0 Å². The van der Waals surface area contributed by atoms with Gasteiger partial charge in [-0.3, -0.25) is 4.90 Å². The number of benzene rings is 2. The van der Waals surface area contributed by atoms with Crippen LogP contribution in [0.15, 0.2) is 54.6 Å². The van der Waals surface area contributed by atoms with Crippen LogP contribution in [0, 0.1) is 11.8 Å². The molecule has 3 N–H and O–H groups in total. The highest BCUT2D eigenvalue weighted by atomic mass is 16.3. The molecule has 0 unspecified atom stereocenters. The number of aliphatic hydroxyl groups is 2. The molecule has 0 aromatic heterocycles. The number of carbonyl (C=O) groups excluding carboxylic acids is 1. The Kier molecular flexibility index (Phi) is 7.11. The molecule has 4 rings (SSSR count). The number of para-hydroxylation sites is 1. The topological polar surface area (TPSA) is 76.0 Å². The molecular formula is C26H31N3O3. The van der Waals surface area contributed by atoms with E-state index < -0.39 is 6.10 Å². The molecule has 4 atom stereocenters. The number of anilines is 1. The van der Waals surface area contributed by atoms with Gasteiger partial charge in [0.05, 0.1) is 6.61 Å². The van der Waals surface area contributed by atoms with E-state index in [0.29, 0.717) is 6.54 Å². The van der Waals surface area contributed by atoms with Crippen molar-refractivity contribution in [2.24, 2.45) is 0 Å². The van der Waals surface area contributed by atoms with E-state index in [1.807, 2.05) is 47.4 Å². The summed E-state index contributed by atoms with van der Waals surface area (Å²) >= 11 is 0. The third-order valence-electron chi connectivity index (χ3n) is 6.40. The van der Waals surface area contributed by atoms with Crippen LogP contribution in [0.4, 0.5) is 10.5 Å². The predicted octanol–water partition coefficient (Wildman–Crippen LogP) is 2.88. The van der Waals surface area contributed by atoms with Crippen molar-refractivity contribution < 1.29 is 15.0 Å². The first kappa shape index (κ1) is 22.3. The highest BCUT2D eigenvalue weighted by Gasteiger charge is 2.49. The molecule has 168 valence electrons. The minimum Gasteiger partial charge on any atom is -0.395 e. The van der Waals surface area contributed by atoms with Crippen molar-refractivity contribution in [2.45, 2.75) is 43.9 Å². The number of urea groups is 1. The quantitative estimate of drug-likeness (QED) is 0.651. The summed E-state index contributed by atoms with van der Waals surface area (Å²) in [6.45, 7) is 4.04. The molecule has 32 heavy (non-hydrogen) atoms. The van der Waals surface area contributed by atoms with Gasteiger partial charge in [-0.1, -0.05) is 42.2 Å². The largest absolute Gasteiger partial charge is 0.395 e. The molecule has 6 heteroatoms. The lowest BCUT2D eigenvalue weighted by Crippen LogP contribution is -2.68. The number of nitrogens with zero attached hydrogens (tertiary/aromatic N) is 2. The summed E-state index contributed by atoms with van der Waals surface area (Å²) in [6, 6.07) is 17.7. The minimum absolute atomic E-state index is 0.0616. The number of carbonyl (C=O) groups is 1. The summed E-state index contributed by atoms with van der Waals surface area (Å²) in [4.78, 5) is 17.3. The maximum absolute atomic E-state index is 13.0. The zero-order valence-electron chi connectivity index (χ0n) is 18.4. The zero-order chi connectivity index (χ0) is 22.5. The summed E-state index contributed by atoms with van der Waals surface area (Å²) in [7, 11) is 0. The molecular weight excluding hydrogens is 402 g/mol.